The van der Waals surface area contributed by atoms with Crippen molar-refractivity contribution in [2.75, 3.05) is 7.05 Å². The van der Waals surface area contributed by atoms with Gasteiger partial charge in [0.2, 0.25) is 5.91 Å². The molecule has 124 valence electrons. The number of aromatic nitrogens is 2. The summed E-state index contributed by atoms with van der Waals surface area (Å²) in [4.78, 5) is 34.6. The lowest BCUT2D eigenvalue weighted by atomic mass is 10.2. The summed E-state index contributed by atoms with van der Waals surface area (Å²) in [5.41, 5.74) is 0.493. The molecule has 24 heavy (non-hydrogen) atoms. The van der Waals surface area contributed by atoms with E-state index in [1.807, 2.05) is 43.6 Å². The summed E-state index contributed by atoms with van der Waals surface area (Å²) >= 11 is 1.64. The Morgan fingerprint density at radius 2 is 2.08 bits per heavy atom. The van der Waals surface area contributed by atoms with Crippen LogP contribution >= 0.6 is 11.3 Å². The first kappa shape index (κ1) is 16.4. The third-order valence-electron chi connectivity index (χ3n) is 4.17. The molecule has 0 saturated carbocycles. The molecule has 1 amide bonds. The van der Waals surface area contributed by atoms with Crippen molar-refractivity contribution in [3.05, 3.63) is 62.8 Å². The van der Waals surface area contributed by atoms with Gasteiger partial charge in [0.1, 0.15) is 5.82 Å². The van der Waals surface area contributed by atoms with Gasteiger partial charge in [-0.3, -0.25) is 9.59 Å². The molecule has 5 nitrogen and oxygen atoms in total. The first-order valence-electron chi connectivity index (χ1n) is 7.83. The van der Waals surface area contributed by atoms with Crippen molar-refractivity contribution in [3.8, 4) is 0 Å². The SMILES string of the molecule is CC(c1cccs1)N(C)C(=O)CCc1nc2ccccc2c(=O)[nH]1. The second-order valence-corrected chi connectivity index (χ2v) is 6.71. The van der Waals surface area contributed by atoms with Gasteiger partial charge in [0.15, 0.2) is 0 Å². The molecule has 2 aromatic heterocycles. The number of aryl methyl sites for hydroxylation is 1. The number of carbonyl (C=O) groups is 1. The van der Waals surface area contributed by atoms with Gasteiger partial charge in [-0.05, 0) is 30.5 Å². The fraction of sp³-hybridized carbons (Fsp3) is 0.278. The van der Waals surface area contributed by atoms with Crippen LogP contribution in [0.25, 0.3) is 10.9 Å². The number of fused-ring (bicyclic) bond motifs is 1. The second-order valence-electron chi connectivity index (χ2n) is 5.73. The van der Waals surface area contributed by atoms with Gasteiger partial charge < -0.3 is 9.88 Å². The van der Waals surface area contributed by atoms with E-state index in [1.54, 1.807) is 28.4 Å². The summed E-state index contributed by atoms with van der Waals surface area (Å²) in [5.74, 6) is 0.580. The van der Waals surface area contributed by atoms with Gasteiger partial charge in [0.05, 0.1) is 16.9 Å². The van der Waals surface area contributed by atoms with E-state index in [-0.39, 0.29) is 17.5 Å². The lowest BCUT2D eigenvalue weighted by Crippen LogP contribution is -2.29. The maximum absolute atomic E-state index is 12.4. The average molecular weight is 341 g/mol. The number of aromatic amines is 1. The van der Waals surface area contributed by atoms with Crippen molar-refractivity contribution >= 4 is 28.1 Å². The zero-order valence-corrected chi connectivity index (χ0v) is 14.5. The van der Waals surface area contributed by atoms with E-state index in [2.05, 4.69) is 9.97 Å². The molecule has 0 aliphatic rings. The summed E-state index contributed by atoms with van der Waals surface area (Å²) in [5, 5.41) is 2.57. The first-order valence-corrected chi connectivity index (χ1v) is 8.71. The minimum absolute atomic E-state index is 0.0340. The molecular formula is C18H19N3O2S. The van der Waals surface area contributed by atoms with Crippen LogP contribution in [-0.4, -0.2) is 27.8 Å². The van der Waals surface area contributed by atoms with Gasteiger partial charge in [0, 0.05) is 24.8 Å². The Hall–Kier alpha value is -2.47. The maximum Gasteiger partial charge on any atom is 0.258 e. The fourth-order valence-corrected chi connectivity index (χ4v) is 3.42. The Morgan fingerprint density at radius 1 is 1.29 bits per heavy atom. The van der Waals surface area contributed by atoms with Gasteiger partial charge in [-0.2, -0.15) is 0 Å². The van der Waals surface area contributed by atoms with E-state index in [1.165, 1.54) is 0 Å². The van der Waals surface area contributed by atoms with Crippen molar-refractivity contribution < 1.29 is 4.79 Å². The van der Waals surface area contributed by atoms with Crippen molar-refractivity contribution in [1.29, 1.82) is 0 Å². The number of para-hydroxylation sites is 1. The van der Waals surface area contributed by atoms with Crippen LogP contribution < -0.4 is 5.56 Å². The molecule has 1 N–H and O–H groups in total. The standard InChI is InChI=1S/C18H19N3O2S/c1-12(15-8-5-11-24-15)21(2)17(22)10-9-16-19-14-7-4-3-6-13(14)18(23)20-16/h3-8,11-12H,9-10H2,1-2H3,(H,19,20,23). The topological polar surface area (TPSA) is 66.1 Å². The zero-order valence-electron chi connectivity index (χ0n) is 13.7. The third kappa shape index (κ3) is 3.38. The molecule has 1 aromatic carbocycles. The monoisotopic (exact) mass is 341 g/mol. The van der Waals surface area contributed by atoms with Crippen LogP contribution in [0.5, 0.6) is 0 Å². The summed E-state index contributed by atoms with van der Waals surface area (Å²) in [6.45, 7) is 2.01. The average Bonchev–Trinajstić information content (AvgIpc) is 3.13. The Bertz CT molecular complexity index is 902. The predicted octanol–water partition coefficient (Wildman–Crippen LogP) is 3.14. The molecule has 0 aliphatic heterocycles. The number of amides is 1. The summed E-state index contributed by atoms with van der Waals surface area (Å²) in [6.07, 6.45) is 0.730. The number of nitrogens with zero attached hydrogens (tertiary/aromatic N) is 2. The Morgan fingerprint density at radius 3 is 2.83 bits per heavy atom. The highest BCUT2D eigenvalue weighted by Gasteiger charge is 2.18. The first-order chi connectivity index (χ1) is 11.6. The molecular weight excluding hydrogens is 322 g/mol. The molecule has 3 rings (SSSR count). The third-order valence-corrected chi connectivity index (χ3v) is 5.21. The Labute approximate surface area is 144 Å². The number of benzene rings is 1. The summed E-state index contributed by atoms with van der Waals surface area (Å²) in [7, 11) is 1.81. The molecule has 0 fully saturated rings. The quantitative estimate of drug-likeness (QED) is 0.775. The van der Waals surface area contributed by atoms with Gasteiger partial charge in [0.25, 0.3) is 5.56 Å². The Kier molecular flexibility index (Phi) is 4.76. The van der Waals surface area contributed by atoms with Crippen molar-refractivity contribution in [2.24, 2.45) is 0 Å². The predicted molar refractivity (Wildman–Crippen MR) is 96.2 cm³/mol. The lowest BCUT2D eigenvalue weighted by Gasteiger charge is -2.24. The van der Waals surface area contributed by atoms with E-state index in [4.69, 9.17) is 0 Å². The van der Waals surface area contributed by atoms with Crippen LogP contribution in [0.1, 0.15) is 30.1 Å². The molecule has 0 spiro atoms. The molecule has 6 heteroatoms. The fourth-order valence-electron chi connectivity index (χ4n) is 2.59. The molecule has 3 aromatic rings. The van der Waals surface area contributed by atoms with Crippen molar-refractivity contribution in [3.63, 3.8) is 0 Å². The van der Waals surface area contributed by atoms with Crippen LogP contribution in [0.4, 0.5) is 0 Å². The lowest BCUT2D eigenvalue weighted by molar-refractivity contribution is -0.131. The van der Waals surface area contributed by atoms with E-state index in [0.717, 1.165) is 4.88 Å². The van der Waals surface area contributed by atoms with Crippen molar-refractivity contribution in [2.45, 2.75) is 25.8 Å². The van der Waals surface area contributed by atoms with Crippen molar-refractivity contribution in [1.82, 2.24) is 14.9 Å². The van der Waals surface area contributed by atoms with E-state index in [0.29, 0.717) is 29.6 Å². The van der Waals surface area contributed by atoms with Crippen LogP contribution in [0.15, 0.2) is 46.6 Å². The molecule has 0 radical (unpaired) electrons. The molecule has 1 unspecified atom stereocenters. The Balaban J connectivity index is 1.69. The number of hydrogen-bond acceptors (Lipinski definition) is 4. The highest BCUT2D eigenvalue weighted by Crippen LogP contribution is 2.23. The largest absolute Gasteiger partial charge is 0.338 e. The number of H-pyrrole nitrogens is 1. The number of thiophene rings is 1. The van der Waals surface area contributed by atoms with Crippen LogP contribution in [0, 0.1) is 0 Å². The highest BCUT2D eigenvalue weighted by molar-refractivity contribution is 7.10. The molecule has 2 heterocycles. The number of hydrogen-bond donors (Lipinski definition) is 1. The van der Waals surface area contributed by atoms with Gasteiger partial charge in [-0.1, -0.05) is 18.2 Å². The molecule has 0 saturated heterocycles. The van der Waals surface area contributed by atoms with Gasteiger partial charge >= 0.3 is 0 Å². The normalized spacial score (nSPS) is 12.2. The molecule has 1 atom stereocenters. The molecule has 0 aliphatic carbocycles. The zero-order chi connectivity index (χ0) is 17.1. The highest BCUT2D eigenvalue weighted by atomic mass is 32.1. The van der Waals surface area contributed by atoms with E-state index < -0.39 is 0 Å². The molecule has 0 bridgehead atoms. The van der Waals surface area contributed by atoms with E-state index in [9.17, 15) is 9.59 Å². The van der Waals surface area contributed by atoms with E-state index >= 15 is 0 Å². The van der Waals surface area contributed by atoms with Gasteiger partial charge in [-0.25, -0.2) is 4.98 Å². The smallest absolute Gasteiger partial charge is 0.258 e. The summed E-state index contributed by atoms with van der Waals surface area (Å²) in [6, 6.07) is 11.3. The van der Waals surface area contributed by atoms with Crippen LogP contribution in [0.2, 0.25) is 0 Å². The van der Waals surface area contributed by atoms with Crippen LogP contribution in [0.3, 0.4) is 0 Å². The number of nitrogens with one attached hydrogen (secondary N) is 1. The minimum Gasteiger partial charge on any atom is -0.338 e. The second kappa shape index (κ2) is 6.97. The van der Waals surface area contributed by atoms with Crippen LogP contribution in [-0.2, 0) is 11.2 Å². The minimum atomic E-state index is -0.164. The van der Waals surface area contributed by atoms with Gasteiger partial charge in [-0.15, -0.1) is 11.3 Å². The number of rotatable bonds is 5. The summed E-state index contributed by atoms with van der Waals surface area (Å²) < 4.78 is 0. The number of carbonyl (C=O) groups excluding carboxylic acids is 1. The maximum atomic E-state index is 12.4.